The van der Waals surface area contributed by atoms with Gasteiger partial charge in [-0.15, -0.1) is 0 Å². The summed E-state index contributed by atoms with van der Waals surface area (Å²) in [5, 5.41) is 11.8. The van der Waals surface area contributed by atoms with E-state index in [9.17, 15) is 9.59 Å². The predicted molar refractivity (Wildman–Crippen MR) is 71.4 cm³/mol. The van der Waals surface area contributed by atoms with Crippen LogP contribution in [0.5, 0.6) is 5.75 Å². The molecule has 1 aliphatic rings. The minimum Gasteiger partial charge on any atom is -0.497 e. The molecule has 20 heavy (non-hydrogen) atoms. The summed E-state index contributed by atoms with van der Waals surface area (Å²) in [7, 11) is 1.45. The molecule has 0 saturated carbocycles. The maximum absolute atomic E-state index is 12.0. The number of aromatic carboxylic acids is 1. The Morgan fingerprint density at radius 1 is 1.35 bits per heavy atom. The van der Waals surface area contributed by atoms with Gasteiger partial charge in [0.25, 0.3) is 0 Å². The highest BCUT2D eigenvalue weighted by atomic mass is 16.5. The van der Waals surface area contributed by atoms with Gasteiger partial charge in [-0.1, -0.05) is 0 Å². The lowest BCUT2D eigenvalue weighted by atomic mass is 10.1. The van der Waals surface area contributed by atoms with Crippen molar-refractivity contribution in [2.24, 2.45) is 0 Å². The topological polar surface area (TPSA) is 88.1 Å². The number of hydrogen-bond acceptors (Lipinski definition) is 4. The van der Waals surface area contributed by atoms with E-state index in [1.807, 2.05) is 0 Å². The number of rotatable bonds is 3. The summed E-state index contributed by atoms with van der Waals surface area (Å²) in [5.41, 5.74) is 0.237. The second-order valence-corrected chi connectivity index (χ2v) is 4.25. The van der Waals surface area contributed by atoms with Gasteiger partial charge in [-0.3, -0.25) is 0 Å². The van der Waals surface area contributed by atoms with Crippen molar-refractivity contribution >= 4 is 17.7 Å². The number of benzene rings is 1. The lowest BCUT2D eigenvalue weighted by Crippen LogP contribution is -2.43. The van der Waals surface area contributed by atoms with Crippen molar-refractivity contribution in [2.75, 3.05) is 38.7 Å². The van der Waals surface area contributed by atoms with E-state index in [-0.39, 0.29) is 17.3 Å². The summed E-state index contributed by atoms with van der Waals surface area (Å²) in [6, 6.07) is 4.15. The van der Waals surface area contributed by atoms with Gasteiger partial charge in [-0.25, -0.2) is 9.59 Å². The van der Waals surface area contributed by atoms with Gasteiger partial charge in [0.2, 0.25) is 0 Å². The number of morpholine rings is 1. The quantitative estimate of drug-likeness (QED) is 0.870. The third-order valence-corrected chi connectivity index (χ3v) is 3.00. The highest BCUT2D eigenvalue weighted by Gasteiger charge is 2.19. The molecule has 7 nitrogen and oxygen atoms in total. The molecular formula is C13H16N2O5. The standard InChI is InChI=1S/C13H16N2O5/c1-19-9-2-3-11(10(8-9)12(16)17)14-13(18)15-4-6-20-7-5-15/h2-3,8H,4-7H2,1H3,(H,14,18)(H,16,17). The summed E-state index contributed by atoms with van der Waals surface area (Å²) >= 11 is 0. The summed E-state index contributed by atoms with van der Waals surface area (Å²) in [6.07, 6.45) is 0. The lowest BCUT2D eigenvalue weighted by Gasteiger charge is -2.27. The minimum absolute atomic E-state index is 0.00837. The first kappa shape index (κ1) is 14.1. The minimum atomic E-state index is -1.12. The molecule has 1 aliphatic heterocycles. The fourth-order valence-corrected chi connectivity index (χ4v) is 1.90. The molecule has 0 radical (unpaired) electrons. The van der Waals surface area contributed by atoms with Gasteiger partial charge in [-0.05, 0) is 18.2 Å². The van der Waals surface area contributed by atoms with Crippen molar-refractivity contribution in [1.82, 2.24) is 4.90 Å². The molecule has 2 N–H and O–H groups in total. The number of anilines is 1. The first-order chi connectivity index (χ1) is 9.61. The van der Waals surface area contributed by atoms with Crippen LogP contribution in [-0.4, -0.2) is 55.4 Å². The van der Waals surface area contributed by atoms with Gasteiger partial charge < -0.3 is 24.8 Å². The molecule has 108 valence electrons. The van der Waals surface area contributed by atoms with E-state index in [0.717, 1.165) is 0 Å². The van der Waals surface area contributed by atoms with Crippen LogP contribution in [0.3, 0.4) is 0 Å². The number of carbonyl (C=O) groups is 2. The Bertz CT molecular complexity index is 511. The SMILES string of the molecule is COc1ccc(NC(=O)N2CCOCC2)c(C(=O)O)c1. The Hall–Kier alpha value is -2.28. The van der Waals surface area contributed by atoms with Crippen LogP contribution in [-0.2, 0) is 4.74 Å². The number of methoxy groups -OCH3 is 1. The van der Waals surface area contributed by atoms with E-state index in [2.05, 4.69) is 5.32 Å². The molecule has 2 rings (SSSR count). The Morgan fingerprint density at radius 2 is 2.05 bits per heavy atom. The van der Waals surface area contributed by atoms with Crippen molar-refractivity contribution in [2.45, 2.75) is 0 Å². The van der Waals surface area contributed by atoms with E-state index in [4.69, 9.17) is 14.6 Å². The van der Waals surface area contributed by atoms with Crippen LogP contribution >= 0.6 is 0 Å². The van der Waals surface area contributed by atoms with Crippen LogP contribution in [0.4, 0.5) is 10.5 Å². The van der Waals surface area contributed by atoms with E-state index < -0.39 is 5.97 Å². The van der Waals surface area contributed by atoms with Gasteiger partial charge in [0, 0.05) is 13.1 Å². The molecule has 1 saturated heterocycles. The van der Waals surface area contributed by atoms with Crippen molar-refractivity contribution in [3.63, 3.8) is 0 Å². The summed E-state index contributed by atoms with van der Waals surface area (Å²) in [5.74, 6) is -0.701. The third-order valence-electron chi connectivity index (χ3n) is 3.00. The van der Waals surface area contributed by atoms with Crippen molar-refractivity contribution < 1.29 is 24.2 Å². The van der Waals surface area contributed by atoms with E-state index in [1.54, 1.807) is 11.0 Å². The number of hydrogen-bond donors (Lipinski definition) is 2. The number of urea groups is 1. The Kier molecular flexibility index (Phi) is 4.41. The predicted octanol–water partition coefficient (Wildman–Crippen LogP) is 1.26. The molecule has 0 bridgehead atoms. The molecule has 7 heteroatoms. The van der Waals surface area contributed by atoms with Crippen LogP contribution in [0.2, 0.25) is 0 Å². The number of carboxylic acids is 1. The lowest BCUT2D eigenvalue weighted by molar-refractivity contribution is 0.0564. The molecular weight excluding hydrogens is 264 g/mol. The van der Waals surface area contributed by atoms with Crippen LogP contribution in [0.1, 0.15) is 10.4 Å². The summed E-state index contributed by atoms with van der Waals surface area (Å²) in [4.78, 5) is 24.8. The van der Waals surface area contributed by atoms with Crippen LogP contribution in [0, 0.1) is 0 Å². The molecule has 0 aromatic heterocycles. The largest absolute Gasteiger partial charge is 0.497 e. The second-order valence-electron chi connectivity index (χ2n) is 4.25. The molecule has 2 amide bonds. The smallest absolute Gasteiger partial charge is 0.337 e. The zero-order valence-corrected chi connectivity index (χ0v) is 11.1. The monoisotopic (exact) mass is 280 g/mol. The number of amides is 2. The average molecular weight is 280 g/mol. The van der Waals surface area contributed by atoms with E-state index >= 15 is 0 Å². The number of nitrogens with one attached hydrogen (secondary N) is 1. The summed E-state index contributed by atoms with van der Waals surface area (Å²) in [6.45, 7) is 1.96. The number of carbonyl (C=O) groups excluding carboxylic acids is 1. The van der Waals surface area contributed by atoms with E-state index in [1.165, 1.54) is 19.2 Å². The van der Waals surface area contributed by atoms with Crippen LogP contribution < -0.4 is 10.1 Å². The zero-order chi connectivity index (χ0) is 14.5. The van der Waals surface area contributed by atoms with Gasteiger partial charge in [0.05, 0.1) is 31.6 Å². The highest BCUT2D eigenvalue weighted by Crippen LogP contribution is 2.22. The van der Waals surface area contributed by atoms with Crippen LogP contribution in [0.25, 0.3) is 0 Å². The van der Waals surface area contributed by atoms with E-state index in [0.29, 0.717) is 32.1 Å². The average Bonchev–Trinajstić information content (AvgIpc) is 2.48. The van der Waals surface area contributed by atoms with Crippen molar-refractivity contribution in [3.05, 3.63) is 23.8 Å². The van der Waals surface area contributed by atoms with Gasteiger partial charge in [0.15, 0.2) is 0 Å². The Morgan fingerprint density at radius 3 is 2.65 bits per heavy atom. The number of ether oxygens (including phenoxy) is 2. The maximum atomic E-state index is 12.0. The second kappa shape index (κ2) is 6.25. The molecule has 1 aromatic carbocycles. The zero-order valence-electron chi connectivity index (χ0n) is 11.1. The number of nitrogens with zero attached hydrogens (tertiary/aromatic N) is 1. The fourth-order valence-electron chi connectivity index (χ4n) is 1.90. The molecule has 0 aliphatic carbocycles. The Labute approximate surface area is 116 Å². The molecule has 0 spiro atoms. The summed E-state index contributed by atoms with van der Waals surface area (Å²) < 4.78 is 10.1. The molecule has 1 aromatic rings. The fraction of sp³-hybridized carbons (Fsp3) is 0.385. The van der Waals surface area contributed by atoms with Crippen LogP contribution in [0.15, 0.2) is 18.2 Å². The van der Waals surface area contributed by atoms with Gasteiger partial charge in [0.1, 0.15) is 5.75 Å². The Balaban J connectivity index is 2.15. The van der Waals surface area contributed by atoms with Gasteiger partial charge in [-0.2, -0.15) is 0 Å². The number of carboxylic acid groups (broad SMARTS) is 1. The highest BCUT2D eigenvalue weighted by molar-refractivity contribution is 6.00. The first-order valence-electron chi connectivity index (χ1n) is 6.17. The molecule has 1 heterocycles. The van der Waals surface area contributed by atoms with Crippen molar-refractivity contribution in [3.8, 4) is 5.75 Å². The molecule has 0 atom stereocenters. The molecule has 0 unspecified atom stereocenters. The molecule has 1 fully saturated rings. The maximum Gasteiger partial charge on any atom is 0.337 e. The third kappa shape index (κ3) is 3.18. The van der Waals surface area contributed by atoms with Crippen molar-refractivity contribution in [1.29, 1.82) is 0 Å². The van der Waals surface area contributed by atoms with Gasteiger partial charge >= 0.3 is 12.0 Å². The first-order valence-corrected chi connectivity index (χ1v) is 6.17. The normalized spacial score (nSPS) is 14.8.